The number of carbonyl (C=O) groups is 3. The number of aromatic nitrogens is 2. The van der Waals surface area contributed by atoms with E-state index in [1.54, 1.807) is 17.0 Å². The molecule has 2 aliphatic rings. The summed E-state index contributed by atoms with van der Waals surface area (Å²) < 4.78 is 0. The Labute approximate surface area is 210 Å². The van der Waals surface area contributed by atoms with Crippen LogP contribution in [0, 0.1) is 5.92 Å². The van der Waals surface area contributed by atoms with Crippen molar-refractivity contribution in [3.8, 4) is 0 Å². The molecule has 1 aromatic carbocycles. The molecule has 0 bridgehead atoms. The molecule has 1 aromatic heterocycles. The number of piperidine rings is 1. The molecule has 9 nitrogen and oxygen atoms in total. The van der Waals surface area contributed by atoms with Crippen LogP contribution in [-0.2, 0) is 4.79 Å². The van der Waals surface area contributed by atoms with E-state index in [1.807, 2.05) is 18.2 Å². The summed E-state index contributed by atoms with van der Waals surface area (Å²) in [5, 5.41) is 14.0. The maximum atomic E-state index is 13.0. The lowest BCUT2D eigenvalue weighted by atomic mass is 9.97. The molecule has 2 saturated heterocycles. The van der Waals surface area contributed by atoms with Crippen LogP contribution in [0.15, 0.2) is 30.3 Å². The molecule has 2 fully saturated rings. The van der Waals surface area contributed by atoms with Crippen LogP contribution in [0.3, 0.4) is 0 Å². The third-order valence-corrected chi connectivity index (χ3v) is 7.47. The Morgan fingerprint density at radius 2 is 1.69 bits per heavy atom. The van der Waals surface area contributed by atoms with Gasteiger partial charge in [0.1, 0.15) is 0 Å². The largest absolute Gasteiger partial charge is 0.356 e. The summed E-state index contributed by atoms with van der Waals surface area (Å²) in [7, 11) is 0. The Kier molecular flexibility index (Phi) is 9.19. The molecule has 35 heavy (non-hydrogen) atoms. The predicted octanol–water partition coefficient (Wildman–Crippen LogP) is 3.02. The molecule has 188 valence electrons. The van der Waals surface area contributed by atoms with Gasteiger partial charge in [0.2, 0.25) is 15.9 Å². The third kappa shape index (κ3) is 7.32. The van der Waals surface area contributed by atoms with Crippen molar-refractivity contribution in [2.75, 3.05) is 44.6 Å². The molecule has 2 N–H and O–H groups in total. The Balaban J connectivity index is 1.23. The number of nitrogens with zero attached hydrogens (tertiary/aromatic N) is 4. The van der Waals surface area contributed by atoms with E-state index in [4.69, 9.17) is 0 Å². The van der Waals surface area contributed by atoms with Crippen LogP contribution in [0.5, 0.6) is 0 Å². The second-order valence-electron chi connectivity index (χ2n) is 9.22. The van der Waals surface area contributed by atoms with E-state index >= 15 is 0 Å². The zero-order valence-electron chi connectivity index (χ0n) is 20.1. The summed E-state index contributed by atoms with van der Waals surface area (Å²) in [5.74, 6) is -0.887. The number of para-hydroxylation sites is 1. The van der Waals surface area contributed by atoms with E-state index in [9.17, 15) is 14.4 Å². The minimum atomic E-state index is -0.399. The van der Waals surface area contributed by atoms with Gasteiger partial charge in [0.05, 0.1) is 5.92 Å². The van der Waals surface area contributed by atoms with Crippen molar-refractivity contribution in [2.24, 2.45) is 5.92 Å². The van der Waals surface area contributed by atoms with Gasteiger partial charge < -0.3 is 20.4 Å². The van der Waals surface area contributed by atoms with Crippen LogP contribution < -0.4 is 10.6 Å². The van der Waals surface area contributed by atoms with E-state index in [0.29, 0.717) is 25.3 Å². The lowest BCUT2D eigenvalue weighted by Gasteiger charge is -2.31. The quantitative estimate of drug-likeness (QED) is 0.542. The number of rotatable bonds is 8. The smallest absolute Gasteiger partial charge is 0.286 e. The Hall–Kier alpha value is -2.85. The van der Waals surface area contributed by atoms with Crippen molar-refractivity contribution in [3.63, 3.8) is 0 Å². The summed E-state index contributed by atoms with van der Waals surface area (Å²) in [6, 6.07) is 9.06. The van der Waals surface area contributed by atoms with Crippen molar-refractivity contribution in [1.29, 1.82) is 0 Å². The van der Waals surface area contributed by atoms with Gasteiger partial charge in [-0.05, 0) is 63.9 Å². The Morgan fingerprint density at radius 1 is 0.943 bits per heavy atom. The number of nitrogens with one attached hydrogen (secondary N) is 2. The van der Waals surface area contributed by atoms with Gasteiger partial charge in [-0.3, -0.25) is 14.4 Å². The normalized spacial score (nSPS) is 19.1. The van der Waals surface area contributed by atoms with E-state index in [0.717, 1.165) is 50.2 Å². The molecular formula is C25H34N6O3S. The summed E-state index contributed by atoms with van der Waals surface area (Å²) in [4.78, 5) is 42.3. The van der Waals surface area contributed by atoms with Crippen molar-refractivity contribution in [2.45, 2.75) is 44.9 Å². The molecule has 4 rings (SSSR count). The molecule has 0 saturated carbocycles. The first-order valence-corrected chi connectivity index (χ1v) is 13.4. The van der Waals surface area contributed by atoms with Gasteiger partial charge in [-0.15, -0.1) is 10.2 Å². The fraction of sp³-hybridized carbons (Fsp3) is 0.560. The predicted molar refractivity (Wildman–Crippen MR) is 135 cm³/mol. The molecule has 0 unspecified atom stereocenters. The Morgan fingerprint density at radius 3 is 2.46 bits per heavy atom. The van der Waals surface area contributed by atoms with Crippen molar-refractivity contribution in [1.82, 2.24) is 25.3 Å². The highest BCUT2D eigenvalue weighted by atomic mass is 32.1. The number of likely N-dealkylation sites (tertiary alicyclic amines) is 2. The summed E-state index contributed by atoms with van der Waals surface area (Å²) in [5.41, 5.74) is 0.650. The van der Waals surface area contributed by atoms with Crippen LogP contribution in [0.2, 0.25) is 0 Å². The van der Waals surface area contributed by atoms with Crippen LogP contribution in [-0.4, -0.2) is 77.0 Å². The van der Waals surface area contributed by atoms with Gasteiger partial charge >= 0.3 is 0 Å². The van der Waals surface area contributed by atoms with Crippen molar-refractivity contribution < 1.29 is 14.4 Å². The van der Waals surface area contributed by atoms with Gasteiger partial charge in [-0.1, -0.05) is 42.4 Å². The number of hydrogen-bond acceptors (Lipinski definition) is 7. The average molecular weight is 499 g/mol. The fourth-order valence-electron chi connectivity index (χ4n) is 4.64. The molecule has 2 aliphatic heterocycles. The van der Waals surface area contributed by atoms with Gasteiger partial charge in [-0.2, -0.15) is 0 Å². The van der Waals surface area contributed by atoms with E-state index in [2.05, 4.69) is 25.7 Å². The highest BCUT2D eigenvalue weighted by molar-refractivity contribution is 7.15. The van der Waals surface area contributed by atoms with Gasteiger partial charge in [0.25, 0.3) is 11.8 Å². The maximum absolute atomic E-state index is 13.0. The van der Waals surface area contributed by atoms with Crippen molar-refractivity contribution in [3.05, 3.63) is 40.3 Å². The average Bonchev–Trinajstić information content (AvgIpc) is 3.24. The number of hydrogen-bond donors (Lipinski definition) is 2. The van der Waals surface area contributed by atoms with E-state index < -0.39 is 5.91 Å². The maximum Gasteiger partial charge on any atom is 0.286 e. The first kappa shape index (κ1) is 25.2. The van der Waals surface area contributed by atoms with Crippen LogP contribution in [0.25, 0.3) is 0 Å². The third-order valence-electron chi connectivity index (χ3n) is 6.56. The van der Waals surface area contributed by atoms with E-state index in [-0.39, 0.29) is 27.7 Å². The summed E-state index contributed by atoms with van der Waals surface area (Å²) >= 11 is 0.973. The topological polar surface area (TPSA) is 108 Å². The number of amides is 3. The molecule has 0 radical (unpaired) electrons. The molecule has 10 heteroatoms. The highest BCUT2D eigenvalue weighted by Crippen LogP contribution is 2.21. The molecule has 1 atom stereocenters. The molecular weight excluding hydrogens is 464 g/mol. The fourth-order valence-corrected chi connectivity index (χ4v) is 5.34. The van der Waals surface area contributed by atoms with Gasteiger partial charge in [-0.25, -0.2) is 0 Å². The van der Waals surface area contributed by atoms with E-state index in [1.165, 1.54) is 25.7 Å². The zero-order valence-corrected chi connectivity index (χ0v) is 20.9. The minimum absolute atomic E-state index is 0.0126. The summed E-state index contributed by atoms with van der Waals surface area (Å²) in [6.07, 6.45) is 7.66. The minimum Gasteiger partial charge on any atom is -0.356 e. The number of carbonyl (C=O) groups excluding carboxylic acids is 3. The van der Waals surface area contributed by atoms with Crippen LogP contribution in [0.4, 0.5) is 5.69 Å². The second-order valence-corrected chi connectivity index (χ2v) is 10.2. The lowest BCUT2D eigenvalue weighted by molar-refractivity contribution is -0.126. The van der Waals surface area contributed by atoms with Gasteiger partial charge in [0, 0.05) is 25.3 Å². The summed E-state index contributed by atoms with van der Waals surface area (Å²) in [6.45, 7) is 4.94. The first-order chi connectivity index (χ1) is 17.1. The molecule has 2 aromatic rings. The molecule has 3 heterocycles. The van der Waals surface area contributed by atoms with Crippen LogP contribution >= 0.6 is 11.3 Å². The SMILES string of the molecule is O=C(Nc1ccccc1)c1nnc(C(=O)N2CCC[C@H](C(=O)NCCCN3CCCCCC3)C2)s1. The molecule has 3 amide bonds. The molecule has 0 aliphatic carbocycles. The van der Waals surface area contributed by atoms with Gasteiger partial charge in [0.15, 0.2) is 0 Å². The monoisotopic (exact) mass is 498 g/mol. The molecule has 0 spiro atoms. The highest BCUT2D eigenvalue weighted by Gasteiger charge is 2.30. The Bertz CT molecular complexity index is 990. The zero-order chi connectivity index (χ0) is 24.5. The second kappa shape index (κ2) is 12.7. The van der Waals surface area contributed by atoms with Crippen LogP contribution in [0.1, 0.15) is 64.6 Å². The standard InChI is InChI=1S/C25H34N6O3S/c32-21(26-13-9-16-30-14-6-1-2-7-15-30)19-10-8-17-31(18-19)25(34)24-29-28-23(35-24)22(33)27-20-11-4-3-5-12-20/h3-5,11-12,19H,1-2,6-10,13-18H2,(H,26,32)(H,27,33)/t19-/m0/s1. The number of benzene rings is 1. The first-order valence-electron chi connectivity index (χ1n) is 12.6. The number of anilines is 1. The van der Waals surface area contributed by atoms with Crippen molar-refractivity contribution >= 4 is 34.7 Å². The lowest BCUT2D eigenvalue weighted by Crippen LogP contribution is -2.45.